The quantitative estimate of drug-likeness (QED) is 0.567. The second kappa shape index (κ2) is 8.39. The molecule has 0 amide bonds. The molecule has 3 aromatic rings. The molecule has 1 aromatic heterocycles. The molecule has 0 aliphatic carbocycles. The van der Waals surface area contributed by atoms with Gasteiger partial charge < -0.3 is 9.67 Å². The Bertz CT molecular complexity index is 1060. The Balaban J connectivity index is 1.82. The highest BCUT2D eigenvalue weighted by molar-refractivity contribution is 7.98. The lowest BCUT2D eigenvalue weighted by atomic mass is 10.2. The second-order valence-corrected chi connectivity index (χ2v) is 8.46. The molecule has 0 radical (unpaired) electrons. The molecule has 0 spiro atoms. The Kier molecular flexibility index (Phi) is 6.14. The van der Waals surface area contributed by atoms with E-state index in [2.05, 4.69) is 4.98 Å². The van der Waals surface area contributed by atoms with Crippen LogP contribution in [0.25, 0.3) is 0 Å². The van der Waals surface area contributed by atoms with Crippen molar-refractivity contribution in [2.75, 3.05) is 0 Å². The van der Waals surface area contributed by atoms with E-state index in [1.54, 1.807) is 16.7 Å². The molecule has 0 saturated heterocycles. The van der Waals surface area contributed by atoms with E-state index in [4.69, 9.17) is 5.14 Å². The molecule has 0 fully saturated rings. The third-order valence-electron chi connectivity index (χ3n) is 4.06. The molecule has 0 bridgehead atoms. The molecule has 0 saturated carbocycles. The van der Waals surface area contributed by atoms with Gasteiger partial charge in [-0.15, -0.1) is 0 Å². The van der Waals surface area contributed by atoms with Crippen LogP contribution in [0.3, 0.4) is 0 Å². The van der Waals surface area contributed by atoms with E-state index in [-0.39, 0.29) is 22.8 Å². The molecule has 2 aromatic carbocycles. The van der Waals surface area contributed by atoms with Crippen molar-refractivity contribution in [3.63, 3.8) is 0 Å². The van der Waals surface area contributed by atoms with Crippen LogP contribution in [-0.4, -0.2) is 23.1 Å². The summed E-state index contributed by atoms with van der Waals surface area (Å²) in [6.07, 6.45) is 1.48. The maximum atomic E-state index is 13.8. The number of hydrogen-bond donors (Lipinski definition) is 2. The van der Waals surface area contributed by atoms with E-state index in [0.29, 0.717) is 17.4 Å². The van der Waals surface area contributed by atoms with Gasteiger partial charge in [0.05, 0.1) is 23.4 Å². The van der Waals surface area contributed by atoms with Gasteiger partial charge >= 0.3 is 0 Å². The van der Waals surface area contributed by atoms with Crippen molar-refractivity contribution in [2.45, 2.75) is 29.0 Å². The highest BCUT2D eigenvalue weighted by atomic mass is 32.2. The molecular formula is C18H17F2N3O3S2. The first kappa shape index (κ1) is 20.5. The summed E-state index contributed by atoms with van der Waals surface area (Å²) in [5.41, 5.74) is 1.22. The smallest absolute Gasteiger partial charge is 0.238 e. The van der Waals surface area contributed by atoms with Crippen molar-refractivity contribution in [1.82, 2.24) is 9.55 Å². The second-order valence-electron chi connectivity index (χ2n) is 5.95. The average Bonchev–Trinajstić information content (AvgIpc) is 3.03. The van der Waals surface area contributed by atoms with Crippen molar-refractivity contribution in [3.8, 4) is 0 Å². The fraction of sp³-hybridized carbons (Fsp3) is 0.167. The Hall–Kier alpha value is -2.27. The Labute approximate surface area is 165 Å². The zero-order valence-electron chi connectivity index (χ0n) is 14.5. The van der Waals surface area contributed by atoms with Crippen molar-refractivity contribution in [3.05, 3.63) is 77.1 Å². The van der Waals surface area contributed by atoms with Gasteiger partial charge in [0.1, 0.15) is 11.6 Å². The Morgan fingerprint density at radius 2 is 1.75 bits per heavy atom. The number of aromatic nitrogens is 2. The van der Waals surface area contributed by atoms with Gasteiger partial charge in [0.25, 0.3) is 0 Å². The normalized spacial score (nSPS) is 11.7. The van der Waals surface area contributed by atoms with Gasteiger partial charge in [0.2, 0.25) is 10.0 Å². The van der Waals surface area contributed by atoms with E-state index in [0.717, 1.165) is 17.3 Å². The predicted molar refractivity (Wildman–Crippen MR) is 101 cm³/mol. The molecule has 148 valence electrons. The lowest BCUT2D eigenvalue weighted by Gasteiger charge is -2.12. The molecule has 0 unspecified atom stereocenters. The van der Waals surface area contributed by atoms with Gasteiger partial charge in [0.15, 0.2) is 5.16 Å². The highest BCUT2D eigenvalue weighted by Crippen LogP contribution is 2.26. The summed E-state index contributed by atoms with van der Waals surface area (Å²) in [5, 5.41) is 15.1. The fourth-order valence-corrected chi connectivity index (χ4v) is 4.11. The number of halogens is 2. The summed E-state index contributed by atoms with van der Waals surface area (Å²) < 4.78 is 52.1. The van der Waals surface area contributed by atoms with Crippen molar-refractivity contribution >= 4 is 21.8 Å². The number of sulfonamides is 1. The third-order valence-corrected chi connectivity index (χ3v) is 6.01. The van der Waals surface area contributed by atoms with Gasteiger partial charge in [-0.1, -0.05) is 30.0 Å². The van der Waals surface area contributed by atoms with Gasteiger partial charge in [-0.05, 0) is 29.8 Å². The van der Waals surface area contributed by atoms with Crippen LogP contribution in [-0.2, 0) is 28.9 Å². The number of imidazole rings is 1. The highest BCUT2D eigenvalue weighted by Gasteiger charge is 2.15. The molecule has 1 heterocycles. The molecule has 3 N–H and O–H groups in total. The van der Waals surface area contributed by atoms with Crippen LogP contribution in [0.1, 0.15) is 16.8 Å². The number of benzene rings is 2. The molecule has 3 rings (SSSR count). The molecule has 28 heavy (non-hydrogen) atoms. The van der Waals surface area contributed by atoms with Crippen LogP contribution in [0.15, 0.2) is 58.7 Å². The lowest BCUT2D eigenvalue weighted by Crippen LogP contribution is -2.12. The summed E-state index contributed by atoms with van der Waals surface area (Å²) in [4.78, 5) is 4.21. The maximum Gasteiger partial charge on any atom is 0.238 e. The van der Waals surface area contributed by atoms with Gasteiger partial charge in [-0.2, -0.15) is 0 Å². The number of hydrogen-bond acceptors (Lipinski definition) is 5. The van der Waals surface area contributed by atoms with Gasteiger partial charge in [0, 0.05) is 17.9 Å². The minimum atomic E-state index is -3.78. The number of aliphatic hydroxyl groups excluding tert-OH is 1. The van der Waals surface area contributed by atoms with E-state index >= 15 is 0 Å². The minimum Gasteiger partial charge on any atom is -0.390 e. The molecule has 6 nitrogen and oxygen atoms in total. The number of rotatable bonds is 7. The first-order valence-electron chi connectivity index (χ1n) is 8.12. The standard InChI is InChI=1S/C18H17F2N3O3S2/c19-16-2-1-3-17(20)15(16)11-27-18-22-8-13(10-24)23(18)9-12-4-6-14(7-5-12)28(21,25)26/h1-8,24H,9-11H2,(H2,21,25,26). The zero-order chi connectivity index (χ0) is 20.3. The van der Waals surface area contributed by atoms with Crippen molar-refractivity contribution < 1.29 is 22.3 Å². The minimum absolute atomic E-state index is 0.00566. The number of nitrogens with zero attached hydrogens (tertiary/aromatic N) is 2. The molecular weight excluding hydrogens is 408 g/mol. The number of nitrogens with two attached hydrogens (primary N) is 1. The summed E-state index contributed by atoms with van der Waals surface area (Å²) >= 11 is 1.14. The summed E-state index contributed by atoms with van der Waals surface area (Å²) in [6.45, 7) is 0.0275. The summed E-state index contributed by atoms with van der Waals surface area (Å²) in [7, 11) is -3.78. The van der Waals surface area contributed by atoms with Gasteiger partial charge in [-0.3, -0.25) is 0 Å². The van der Waals surface area contributed by atoms with Gasteiger partial charge in [-0.25, -0.2) is 27.3 Å². The van der Waals surface area contributed by atoms with Crippen LogP contribution < -0.4 is 5.14 Å². The molecule has 0 aliphatic heterocycles. The van der Waals surface area contributed by atoms with Crippen LogP contribution in [0, 0.1) is 11.6 Å². The largest absolute Gasteiger partial charge is 0.390 e. The molecule has 10 heteroatoms. The monoisotopic (exact) mass is 425 g/mol. The SMILES string of the molecule is NS(=O)(=O)c1ccc(Cn2c(CO)cnc2SCc2c(F)cccc2F)cc1. The zero-order valence-corrected chi connectivity index (χ0v) is 16.2. The first-order chi connectivity index (χ1) is 13.3. The lowest BCUT2D eigenvalue weighted by molar-refractivity contribution is 0.270. The number of primary sulfonamides is 1. The van der Waals surface area contributed by atoms with Crippen LogP contribution in [0.4, 0.5) is 8.78 Å². The van der Waals surface area contributed by atoms with Crippen LogP contribution in [0.5, 0.6) is 0 Å². The van der Waals surface area contributed by atoms with Crippen molar-refractivity contribution in [1.29, 1.82) is 0 Å². The Morgan fingerprint density at radius 3 is 2.32 bits per heavy atom. The molecule has 0 atom stereocenters. The van der Waals surface area contributed by atoms with E-state index < -0.39 is 21.7 Å². The topological polar surface area (TPSA) is 98.2 Å². The van der Waals surface area contributed by atoms with E-state index in [9.17, 15) is 22.3 Å². The van der Waals surface area contributed by atoms with E-state index in [1.165, 1.54) is 36.5 Å². The van der Waals surface area contributed by atoms with Crippen LogP contribution >= 0.6 is 11.8 Å². The summed E-state index contributed by atoms with van der Waals surface area (Å²) in [5.74, 6) is -1.23. The van der Waals surface area contributed by atoms with E-state index in [1.807, 2.05) is 0 Å². The average molecular weight is 425 g/mol. The number of aliphatic hydroxyl groups is 1. The Morgan fingerprint density at radius 1 is 1.11 bits per heavy atom. The van der Waals surface area contributed by atoms with Crippen molar-refractivity contribution in [2.24, 2.45) is 5.14 Å². The fourth-order valence-electron chi connectivity index (χ4n) is 2.58. The third kappa shape index (κ3) is 4.58. The maximum absolute atomic E-state index is 13.8. The molecule has 0 aliphatic rings. The number of thioether (sulfide) groups is 1. The first-order valence-corrected chi connectivity index (χ1v) is 10.7. The van der Waals surface area contributed by atoms with Crippen LogP contribution in [0.2, 0.25) is 0 Å². The predicted octanol–water partition coefficient (Wildman–Crippen LogP) is 2.64. The summed E-state index contributed by atoms with van der Waals surface area (Å²) in [6, 6.07) is 9.67.